The molecule has 3 nitrogen and oxygen atoms in total. The van der Waals surface area contributed by atoms with Crippen LogP contribution in [0.4, 0.5) is 0 Å². The Morgan fingerprint density at radius 3 is 2.60 bits per heavy atom. The van der Waals surface area contributed by atoms with E-state index >= 15 is 0 Å². The van der Waals surface area contributed by atoms with Crippen LogP contribution in [0.2, 0.25) is 0 Å². The lowest BCUT2D eigenvalue weighted by atomic mass is 9.85. The molecule has 0 aromatic carbocycles. The van der Waals surface area contributed by atoms with Gasteiger partial charge in [-0.15, -0.1) is 0 Å². The minimum atomic E-state index is -0.130. The van der Waals surface area contributed by atoms with Gasteiger partial charge in [0.05, 0.1) is 13.2 Å². The topological polar surface area (TPSA) is 49.7 Å². The maximum Gasteiger partial charge on any atom is 0.0546 e. The van der Waals surface area contributed by atoms with E-state index in [2.05, 4.69) is 0 Å². The highest BCUT2D eigenvalue weighted by Gasteiger charge is 2.33. The van der Waals surface area contributed by atoms with Gasteiger partial charge in [0, 0.05) is 18.6 Å². The van der Waals surface area contributed by atoms with Crippen LogP contribution in [-0.4, -0.2) is 36.6 Å². The number of ether oxygens (including phenoxy) is 1. The van der Waals surface area contributed by atoms with Crippen LogP contribution in [0.1, 0.15) is 12.8 Å². The Labute approximate surface area is 60.6 Å². The number of aliphatic hydroxyl groups is 2. The van der Waals surface area contributed by atoms with Gasteiger partial charge >= 0.3 is 0 Å². The van der Waals surface area contributed by atoms with Gasteiger partial charge in [-0.3, -0.25) is 0 Å². The normalized spacial score (nSPS) is 33.0. The van der Waals surface area contributed by atoms with E-state index in [4.69, 9.17) is 14.9 Å². The quantitative estimate of drug-likeness (QED) is 0.578. The lowest BCUT2D eigenvalue weighted by Crippen LogP contribution is -2.26. The molecule has 0 aliphatic carbocycles. The van der Waals surface area contributed by atoms with Crippen molar-refractivity contribution in [2.45, 2.75) is 12.8 Å². The van der Waals surface area contributed by atoms with Crippen molar-refractivity contribution >= 4 is 0 Å². The van der Waals surface area contributed by atoms with Gasteiger partial charge in [0.1, 0.15) is 0 Å². The molecule has 3 heteroatoms. The van der Waals surface area contributed by atoms with Gasteiger partial charge in [0.15, 0.2) is 0 Å². The van der Waals surface area contributed by atoms with Crippen LogP contribution in [0.15, 0.2) is 0 Å². The van der Waals surface area contributed by atoms with Crippen molar-refractivity contribution in [3.63, 3.8) is 0 Å². The SMILES string of the molecule is OCCC1(CO)CCOC1. The van der Waals surface area contributed by atoms with Gasteiger partial charge in [-0.2, -0.15) is 0 Å². The molecular formula is C7H14O3. The smallest absolute Gasteiger partial charge is 0.0546 e. The van der Waals surface area contributed by atoms with E-state index in [0.717, 1.165) is 13.0 Å². The first kappa shape index (κ1) is 7.98. The maximum absolute atomic E-state index is 8.96. The number of aliphatic hydroxyl groups excluding tert-OH is 2. The van der Waals surface area contributed by atoms with Gasteiger partial charge < -0.3 is 14.9 Å². The van der Waals surface area contributed by atoms with Crippen molar-refractivity contribution in [3.05, 3.63) is 0 Å². The first-order valence-corrected chi connectivity index (χ1v) is 3.62. The van der Waals surface area contributed by atoms with Crippen LogP contribution < -0.4 is 0 Å². The molecule has 0 amide bonds. The minimum absolute atomic E-state index is 0.130. The summed E-state index contributed by atoms with van der Waals surface area (Å²) in [6, 6.07) is 0. The van der Waals surface area contributed by atoms with Gasteiger partial charge in [0.2, 0.25) is 0 Å². The Morgan fingerprint density at radius 2 is 2.20 bits per heavy atom. The summed E-state index contributed by atoms with van der Waals surface area (Å²) in [5, 5.41) is 17.6. The first-order chi connectivity index (χ1) is 4.83. The molecular weight excluding hydrogens is 132 g/mol. The predicted molar refractivity (Wildman–Crippen MR) is 36.7 cm³/mol. The van der Waals surface area contributed by atoms with Crippen molar-refractivity contribution in [2.75, 3.05) is 26.4 Å². The van der Waals surface area contributed by atoms with Gasteiger partial charge in [0.25, 0.3) is 0 Å². The highest BCUT2D eigenvalue weighted by atomic mass is 16.5. The Kier molecular flexibility index (Phi) is 2.65. The highest BCUT2D eigenvalue weighted by molar-refractivity contribution is 4.81. The highest BCUT2D eigenvalue weighted by Crippen LogP contribution is 2.30. The summed E-state index contributed by atoms with van der Waals surface area (Å²) in [5.74, 6) is 0. The molecule has 1 saturated heterocycles. The van der Waals surface area contributed by atoms with Crippen LogP contribution in [0.25, 0.3) is 0 Å². The van der Waals surface area contributed by atoms with Crippen LogP contribution >= 0.6 is 0 Å². The fraction of sp³-hybridized carbons (Fsp3) is 1.00. The third-order valence-electron chi connectivity index (χ3n) is 2.16. The molecule has 1 aliphatic rings. The van der Waals surface area contributed by atoms with Crippen molar-refractivity contribution in [1.82, 2.24) is 0 Å². The summed E-state index contributed by atoms with van der Waals surface area (Å²) in [4.78, 5) is 0. The standard InChI is InChI=1S/C7H14O3/c8-3-1-7(5-9)2-4-10-6-7/h8-9H,1-6H2. The molecule has 60 valence electrons. The summed E-state index contributed by atoms with van der Waals surface area (Å²) in [6.45, 7) is 1.60. The van der Waals surface area contributed by atoms with E-state index in [0.29, 0.717) is 13.0 Å². The van der Waals surface area contributed by atoms with Crippen molar-refractivity contribution < 1.29 is 14.9 Å². The molecule has 1 fully saturated rings. The molecule has 2 N–H and O–H groups in total. The Hall–Kier alpha value is -0.120. The van der Waals surface area contributed by atoms with Gasteiger partial charge in [-0.25, -0.2) is 0 Å². The second-order valence-corrected chi connectivity index (χ2v) is 2.93. The second-order valence-electron chi connectivity index (χ2n) is 2.93. The third-order valence-corrected chi connectivity index (χ3v) is 2.16. The molecule has 1 rings (SSSR count). The average Bonchev–Trinajstić information content (AvgIpc) is 2.39. The third kappa shape index (κ3) is 1.48. The summed E-state index contributed by atoms with van der Waals surface area (Å²) < 4.78 is 5.13. The van der Waals surface area contributed by atoms with E-state index in [1.54, 1.807) is 0 Å². The minimum Gasteiger partial charge on any atom is -0.396 e. The largest absolute Gasteiger partial charge is 0.396 e. The Bertz CT molecular complexity index is 97.0. The fourth-order valence-corrected chi connectivity index (χ4v) is 1.29. The van der Waals surface area contributed by atoms with E-state index in [-0.39, 0.29) is 18.6 Å². The lowest BCUT2D eigenvalue weighted by molar-refractivity contribution is 0.0700. The zero-order valence-electron chi connectivity index (χ0n) is 6.05. The lowest BCUT2D eigenvalue weighted by Gasteiger charge is -2.22. The number of rotatable bonds is 3. The second kappa shape index (κ2) is 3.32. The van der Waals surface area contributed by atoms with E-state index in [9.17, 15) is 0 Å². The summed E-state index contributed by atoms with van der Waals surface area (Å²) >= 11 is 0. The first-order valence-electron chi connectivity index (χ1n) is 3.62. The summed E-state index contributed by atoms with van der Waals surface area (Å²) in [6.07, 6.45) is 1.54. The zero-order valence-corrected chi connectivity index (χ0v) is 6.05. The van der Waals surface area contributed by atoms with Gasteiger partial charge in [-0.1, -0.05) is 0 Å². The fourth-order valence-electron chi connectivity index (χ4n) is 1.29. The van der Waals surface area contributed by atoms with Crippen LogP contribution in [0.3, 0.4) is 0 Å². The predicted octanol–water partition coefficient (Wildman–Crippen LogP) is -0.232. The van der Waals surface area contributed by atoms with Crippen LogP contribution in [-0.2, 0) is 4.74 Å². The Balaban J connectivity index is 2.41. The summed E-state index contributed by atoms with van der Waals surface area (Å²) in [7, 11) is 0. The van der Waals surface area contributed by atoms with Gasteiger partial charge in [-0.05, 0) is 12.8 Å². The molecule has 1 atom stereocenters. The summed E-state index contributed by atoms with van der Waals surface area (Å²) in [5.41, 5.74) is -0.130. The monoisotopic (exact) mass is 146 g/mol. The van der Waals surface area contributed by atoms with Crippen molar-refractivity contribution in [3.8, 4) is 0 Å². The Morgan fingerprint density at radius 1 is 1.40 bits per heavy atom. The molecule has 10 heavy (non-hydrogen) atoms. The maximum atomic E-state index is 8.96. The molecule has 1 heterocycles. The molecule has 0 aromatic heterocycles. The van der Waals surface area contributed by atoms with Crippen LogP contribution in [0.5, 0.6) is 0 Å². The molecule has 1 unspecified atom stereocenters. The van der Waals surface area contributed by atoms with E-state index in [1.807, 2.05) is 0 Å². The molecule has 1 aliphatic heterocycles. The molecule has 0 bridgehead atoms. The average molecular weight is 146 g/mol. The molecule has 0 radical (unpaired) electrons. The van der Waals surface area contributed by atoms with E-state index < -0.39 is 0 Å². The number of hydrogen-bond donors (Lipinski definition) is 2. The van der Waals surface area contributed by atoms with Crippen molar-refractivity contribution in [1.29, 1.82) is 0 Å². The van der Waals surface area contributed by atoms with Crippen LogP contribution in [0, 0.1) is 5.41 Å². The zero-order chi connectivity index (χ0) is 7.45. The molecule has 0 spiro atoms. The number of hydrogen-bond acceptors (Lipinski definition) is 3. The van der Waals surface area contributed by atoms with E-state index in [1.165, 1.54) is 0 Å². The molecule has 0 saturated carbocycles. The molecule has 0 aromatic rings. The van der Waals surface area contributed by atoms with Crippen molar-refractivity contribution in [2.24, 2.45) is 5.41 Å².